The summed E-state index contributed by atoms with van der Waals surface area (Å²) in [7, 11) is 0. The van der Waals surface area contributed by atoms with Gasteiger partial charge in [0.25, 0.3) is 0 Å². The first-order valence-corrected chi connectivity index (χ1v) is 7.82. The summed E-state index contributed by atoms with van der Waals surface area (Å²) in [6, 6.07) is 20.6. The summed E-state index contributed by atoms with van der Waals surface area (Å²) >= 11 is 0. The van der Waals surface area contributed by atoms with Gasteiger partial charge in [-0.25, -0.2) is 0 Å². The minimum absolute atomic E-state index is 0.297. The number of hydrogen-bond acceptors (Lipinski definition) is 3. The minimum atomic E-state index is -0.381. The van der Waals surface area contributed by atoms with E-state index in [1.165, 1.54) is 11.1 Å². The van der Waals surface area contributed by atoms with Gasteiger partial charge >= 0.3 is 0 Å². The van der Waals surface area contributed by atoms with E-state index in [-0.39, 0.29) is 5.60 Å². The topological polar surface area (TPSA) is 31.0 Å². The van der Waals surface area contributed by atoms with E-state index in [1.807, 2.05) is 24.3 Å². The molecule has 2 aliphatic rings. The van der Waals surface area contributed by atoms with Crippen LogP contribution in [0, 0.1) is 0 Å². The van der Waals surface area contributed by atoms with Crippen molar-refractivity contribution >= 4 is 0 Å². The Labute approximate surface area is 130 Å². The maximum absolute atomic E-state index is 6.19. The van der Waals surface area contributed by atoms with Gasteiger partial charge in [0.2, 0.25) is 0 Å². The van der Waals surface area contributed by atoms with E-state index in [1.54, 1.807) is 0 Å². The molecular formula is C19H20O3. The van der Waals surface area contributed by atoms with E-state index in [4.69, 9.17) is 14.2 Å². The Morgan fingerprint density at radius 3 is 2.41 bits per heavy atom. The van der Waals surface area contributed by atoms with Crippen LogP contribution in [0.4, 0.5) is 0 Å². The first kappa shape index (κ1) is 13.9. The lowest BCUT2D eigenvalue weighted by Crippen LogP contribution is -2.41. The zero-order valence-electron chi connectivity index (χ0n) is 12.5. The molecule has 0 N–H and O–H groups in total. The molecule has 114 valence electrons. The molecule has 0 bridgehead atoms. The summed E-state index contributed by atoms with van der Waals surface area (Å²) in [6.45, 7) is 1.82. The van der Waals surface area contributed by atoms with Crippen molar-refractivity contribution in [2.45, 2.75) is 30.8 Å². The quantitative estimate of drug-likeness (QED) is 0.793. The maximum Gasteiger partial charge on any atom is 0.119 e. The molecule has 0 aromatic heterocycles. The van der Waals surface area contributed by atoms with Gasteiger partial charge in [0, 0.05) is 6.42 Å². The van der Waals surface area contributed by atoms with Crippen molar-refractivity contribution in [2.24, 2.45) is 0 Å². The standard InChI is InChI=1S/C19H20O3/c1-3-7-15(8-4-1)12-20-14-19(16-9-5-2-6-10-16)11-17-18(22-17)13-21-19/h1-10,17-18H,11-14H2/t17-,18+,19-/m1/s1. The van der Waals surface area contributed by atoms with Crippen LogP contribution < -0.4 is 0 Å². The summed E-state index contributed by atoms with van der Waals surface area (Å²) in [5.74, 6) is 0. The van der Waals surface area contributed by atoms with Gasteiger partial charge in [-0.05, 0) is 11.1 Å². The third-order valence-electron chi connectivity index (χ3n) is 4.49. The fraction of sp³-hybridized carbons (Fsp3) is 0.368. The van der Waals surface area contributed by atoms with Crippen LogP contribution >= 0.6 is 0 Å². The molecule has 2 saturated heterocycles. The summed E-state index contributed by atoms with van der Waals surface area (Å²) in [5.41, 5.74) is 1.98. The monoisotopic (exact) mass is 296 g/mol. The predicted octanol–water partition coefficient (Wildman–Crippen LogP) is 3.29. The number of epoxide rings is 1. The molecule has 0 aliphatic carbocycles. The van der Waals surface area contributed by atoms with Gasteiger partial charge < -0.3 is 14.2 Å². The lowest BCUT2D eigenvalue weighted by molar-refractivity contribution is -0.123. The fourth-order valence-electron chi connectivity index (χ4n) is 3.17. The van der Waals surface area contributed by atoms with Gasteiger partial charge in [0.1, 0.15) is 11.7 Å². The Bertz CT molecular complexity index is 613. The molecule has 2 heterocycles. The summed E-state index contributed by atoms with van der Waals surface area (Å²) in [5, 5.41) is 0. The molecular weight excluding hydrogens is 276 g/mol. The normalized spacial score (nSPS) is 29.8. The number of rotatable bonds is 5. The summed E-state index contributed by atoms with van der Waals surface area (Å²) < 4.78 is 17.8. The van der Waals surface area contributed by atoms with Crippen molar-refractivity contribution in [2.75, 3.05) is 13.2 Å². The highest BCUT2D eigenvalue weighted by Gasteiger charge is 2.52. The van der Waals surface area contributed by atoms with Crippen molar-refractivity contribution in [3.05, 3.63) is 71.8 Å². The molecule has 3 atom stereocenters. The Balaban J connectivity index is 1.48. The van der Waals surface area contributed by atoms with Crippen molar-refractivity contribution in [3.63, 3.8) is 0 Å². The highest BCUT2D eigenvalue weighted by molar-refractivity contribution is 5.25. The zero-order valence-corrected chi connectivity index (χ0v) is 12.5. The van der Waals surface area contributed by atoms with E-state index in [2.05, 4.69) is 36.4 Å². The van der Waals surface area contributed by atoms with Gasteiger partial charge in [-0.15, -0.1) is 0 Å². The molecule has 0 saturated carbocycles. The van der Waals surface area contributed by atoms with E-state index in [0.717, 1.165) is 6.42 Å². The number of fused-ring (bicyclic) bond motifs is 1. The van der Waals surface area contributed by atoms with Gasteiger partial charge in [0.15, 0.2) is 0 Å². The zero-order chi connectivity index (χ0) is 14.8. The minimum Gasteiger partial charge on any atom is -0.373 e. The van der Waals surface area contributed by atoms with Gasteiger partial charge in [-0.2, -0.15) is 0 Å². The smallest absolute Gasteiger partial charge is 0.119 e. The molecule has 2 fully saturated rings. The largest absolute Gasteiger partial charge is 0.373 e. The molecule has 2 aromatic rings. The van der Waals surface area contributed by atoms with E-state index in [9.17, 15) is 0 Å². The average molecular weight is 296 g/mol. The SMILES string of the molecule is c1ccc(COC[C@@]2(c3ccccc3)C[C@H]3O[C@H]3CO2)cc1. The van der Waals surface area contributed by atoms with E-state index < -0.39 is 0 Å². The predicted molar refractivity (Wildman–Crippen MR) is 83.4 cm³/mol. The Hall–Kier alpha value is -1.68. The highest BCUT2D eigenvalue weighted by atomic mass is 16.6. The second kappa shape index (κ2) is 5.84. The molecule has 0 amide bonds. The van der Waals surface area contributed by atoms with Crippen LogP contribution in [0.5, 0.6) is 0 Å². The lowest BCUT2D eigenvalue weighted by atomic mass is 9.87. The van der Waals surface area contributed by atoms with Crippen molar-refractivity contribution in [1.82, 2.24) is 0 Å². The number of hydrogen-bond donors (Lipinski definition) is 0. The third kappa shape index (κ3) is 2.80. The molecule has 0 radical (unpaired) electrons. The Morgan fingerprint density at radius 2 is 1.68 bits per heavy atom. The molecule has 2 aromatic carbocycles. The van der Waals surface area contributed by atoms with Gasteiger partial charge in [-0.1, -0.05) is 60.7 Å². The van der Waals surface area contributed by atoms with Crippen LogP contribution in [-0.4, -0.2) is 25.4 Å². The summed E-state index contributed by atoms with van der Waals surface area (Å²) in [4.78, 5) is 0. The van der Waals surface area contributed by atoms with Crippen molar-refractivity contribution in [3.8, 4) is 0 Å². The molecule has 4 rings (SSSR count). The van der Waals surface area contributed by atoms with E-state index >= 15 is 0 Å². The van der Waals surface area contributed by atoms with Crippen LogP contribution in [0.1, 0.15) is 17.5 Å². The van der Waals surface area contributed by atoms with Crippen molar-refractivity contribution in [1.29, 1.82) is 0 Å². The molecule has 22 heavy (non-hydrogen) atoms. The summed E-state index contributed by atoms with van der Waals surface area (Å²) in [6.07, 6.45) is 1.50. The first-order valence-electron chi connectivity index (χ1n) is 7.82. The van der Waals surface area contributed by atoms with Crippen molar-refractivity contribution < 1.29 is 14.2 Å². The molecule has 3 heteroatoms. The number of benzene rings is 2. The molecule has 0 unspecified atom stereocenters. The third-order valence-corrected chi connectivity index (χ3v) is 4.49. The Morgan fingerprint density at radius 1 is 0.955 bits per heavy atom. The molecule has 2 aliphatic heterocycles. The Kier molecular flexibility index (Phi) is 3.70. The van der Waals surface area contributed by atoms with Crippen LogP contribution in [0.25, 0.3) is 0 Å². The van der Waals surface area contributed by atoms with Crippen LogP contribution in [-0.2, 0) is 26.4 Å². The number of ether oxygens (including phenoxy) is 3. The van der Waals surface area contributed by atoms with Gasteiger partial charge in [-0.3, -0.25) is 0 Å². The first-order chi connectivity index (χ1) is 10.9. The van der Waals surface area contributed by atoms with Gasteiger partial charge in [0.05, 0.1) is 25.9 Å². The fourth-order valence-corrected chi connectivity index (χ4v) is 3.17. The van der Waals surface area contributed by atoms with Crippen LogP contribution in [0.2, 0.25) is 0 Å². The van der Waals surface area contributed by atoms with E-state index in [0.29, 0.717) is 32.0 Å². The second-order valence-electron chi connectivity index (χ2n) is 6.07. The maximum atomic E-state index is 6.19. The van der Waals surface area contributed by atoms with Crippen LogP contribution in [0.15, 0.2) is 60.7 Å². The average Bonchev–Trinajstić information content (AvgIpc) is 3.35. The molecule has 0 spiro atoms. The lowest BCUT2D eigenvalue weighted by Gasteiger charge is -2.36. The van der Waals surface area contributed by atoms with Crippen LogP contribution in [0.3, 0.4) is 0 Å². The second-order valence-corrected chi connectivity index (χ2v) is 6.07. The molecule has 3 nitrogen and oxygen atoms in total. The highest BCUT2D eigenvalue weighted by Crippen LogP contribution is 2.43.